The minimum Gasteiger partial charge on any atom is -0.466 e. The van der Waals surface area contributed by atoms with Gasteiger partial charge in [-0.1, -0.05) is 0 Å². The molecule has 15 heavy (non-hydrogen) atoms. The van der Waals surface area contributed by atoms with Crippen molar-refractivity contribution in [3.8, 4) is 0 Å². The molecule has 0 aromatic carbocycles. The van der Waals surface area contributed by atoms with Crippen molar-refractivity contribution in [2.24, 2.45) is 0 Å². The molecule has 0 aliphatic carbocycles. The lowest BCUT2D eigenvalue weighted by Gasteiger charge is -2.01. The van der Waals surface area contributed by atoms with Gasteiger partial charge in [-0.25, -0.2) is 4.98 Å². The molecule has 5 heteroatoms. The standard InChI is InChI=1S/C10H12N2O2S/c1-3-14-9(13)4-8-6-15-10-11-5-7(2)12(8)10/h5-6H,3-4H2,1-2H3. The molecule has 0 unspecified atom stereocenters. The van der Waals surface area contributed by atoms with Gasteiger partial charge in [-0.3, -0.25) is 9.20 Å². The van der Waals surface area contributed by atoms with Gasteiger partial charge in [0.05, 0.1) is 13.0 Å². The van der Waals surface area contributed by atoms with Gasteiger partial charge < -0.3 is 4.74 Å². The summed E-state index contributed by atoms with van der Waals surface area (Å²) in [6.07, 6.45) is 2.12. The lowest BCUT2D eigenvalue weighted by atomic mass is 10.3. The highest BCUT2D eigenvalue weighted by Crippen LogP contribution is 2.18. The Hall–Kier alpha value is -1.36. The second-order valence-corrected chi connectivity index (χ2v) is 4.06. The van der Waals surface area contributed by atoms with E-state index in [1.54, 1.807) is 6.20 Å². The third kappa shape index (κ3) is 1.87. The first-order valence-electron chi connectivity index (χ1n) is 4.78. The van der Waals surface area contributed by atoms with Crippen LogP contribution in [0.25, 0.3) is 4.96 Å². The zero-order valence-electron chi connectivity index (χ0n) is 8.69. The van der Waals surface area contributed by atoms with E-state index in [2.05, 4.69) is 4.98 Å². The van der Waals surface area contributed by atoms with Gasteiger partial charge >= 0.3 is 5.97 Å². The largest absolute Gasteiger partial charge is 0.466 e. The molecule has 2 aromatic heterocycles. The Morgan fingerprint density at radius 3 is 3.20 bits per heavy atom. The van der Waals surface area contributed by atoms with Crippen LogP contribution in [-0.2, 0) is 16.0 Å². The van der Waals surface area contributed by atoms with Crippen molar-refractivity contribution in [1.82, 2.24) is 9.38 Å². The van der Waals surface area contributed by atoms with Crippen LogP contribution in [-0.4, -0.2) is 22.0 Å². The average molecular weight is 224 g/mol. The number of thiazole rings is 1. The van der Waals surface area contributed by atoms with Gasteiger partial charge in [0.25, 0.3) is 0 Å². The molecule has 0 radical (unpaired) electrons. The smallest absolute Gasteiger partial charge is 0.311 e. The lowest BCUT2D eigenvalue weighted by molar-refractivity contribution is -0.142. The number of hydrogen-bond donors (Lipinski definition) is 0. The maximum Gasteiger partial charge on any atom is 0.311 e. The topological polar surface area (TPSA) is 43.6 Å². The third-order valence-electron chi connectivity index (χ3n) is 2.12. The van der Waals surface area contributed by atoms with Gasteiger partial charge in [0, 0.05) is 23.0 Å². The van der Waals surface area contributed by atoms with Crippen molar-refractivity contribution in [3.05, 3.63) is 23.0 Å². The molecule has 80 valence electrons. The van der Waals surface area contributed by atoms with Gasteiger partial charge in [0.1, 0.15) is 0 Å². The van der Waals surface area contributed by atoms with E-state index in [1.807, 2.05) is 23.6 Å². The quantitative estimate of drug-likeness (QED) is 0.747. The Morgan fingerprint density at radius 1 is 1.67 bits per heavy atom. The highest BCUT2D eigenvalue weighted by molar-refractivity contribution is 7.15. The Balaban J connectivity index is 2.27. The Labute approximate surface area is 91.5 Å². The maximum atomic E-state index is 11.3. The summed E-state index contributed by atoms with van der Waals surface area (Å²) in [4.78, 5) is 16.5. The summed E-state index contributed by atoms with van der Waals surface area (Å²) in [5.41, 5.74) is 1.99. The molecule has 0 fully saturated rings. The van der Waals surface area contributed by atoms with Crippen LogP contribution in [0.15, 0.2) is 11.6 Å². The van der Waals surface area contributed by atoms with Crippen LogP contribution in [0.3, 0.4) is 0 Å². The second kappa shape index (κ2) is 4.02. The molecule has 2 rings (SSSR count). The van der Waals surface area contributed by atoms with Gasteiger partial charge in [-0.2, -0.15) is 0 Å². The SMILES string of the molecule is CCOC(=O)Cc1csc2ncc(C)n12. The number of rotatable bonds is 3. The number of carbonyl (C=O) groups is 1. The van der Waals surface area contributed by atoms with Crippen molar-refractivity contribution in [1.29, 1.82) is 0 Å². The second-order valence-electron chi connectivity index (χ2n) is 3.23. The molecule has 0 bridgehead atoms. The molecule has 0 aliphatic rings. The minimum absolute atomic E-state index is 0.190. The Bertz CT molecular complexity index is 487. The molecule has 2 aromatic rings. The number of fused-ring (bicyclic) bond motifs is 1. The zero-order valence-corrected chi connectivity index (χ0v) is 9.50. The Kier molecular flexibility index (Phi) is 2.73. The highest BCUT2D eigenvalue weighted by Gasteiger charge is 2.11. The summed E-state index contributed by atoms with van der Waals surface area (Å²) in [5.74, 6) is -0.190. The molecule has 0 amide bonds. The third-order valence-corrected chi connectivity index (χ3v) is 3.01. The van der Waals surface area contributed by atoms with E-state index in [4.69, 9.17) is 4.74 Å². The van der Waals surface area contributed by atoms with E-state index in [0.29, 0.717) is 13.0 Å². The number of hydrogen-bond acceptors (Lipinski definition) is 4. The number of aryl methyl sites for hydroxylation is 1. The maximum absolute atomic E-state index is 11.3. The predicted octanol–water partition coefficient (Wildman–Crippen LogP) is 1.81. The number of nitrogens with zero attached hydrogens (tertiary/aromatic N) is 2. The van der Waals surface area contributed by atoms with Crippen LogP contribution in [0.4, 0.5) is 0 Å². The lowest BCUT2D eigenvalue weighted by Crippen LogP contribution is -2.09. The molecule has 0 spiro atoms. The minimum atomic E-state index is -0.190. The van der Waals surface area contributed by atoms with E-state index < -0.39 is 0 Å². The van der Waals surface area contributed by atoms with E-state index in [1.165, 1.54) is 11.3 Å². The summed E-state index contributed by atoms with van der Waals surface area (Å²) in [7, 11) is 0. The van der Waals surface area contributed by atoms with Crippen molar-refractivity contribution in [2.45, 2.75) is 20.3 Å². The first kappa shape index (κ1) is 10.2. The van der Waals surface area contributed by atoms with Gasteiger partial charge in [-0.15, -0.1) is 11.3 Å². The van der Waals surface area contributed by atoms with Gasteiger partial charge in [0.15, 0.2) is 4.96 Å². The number of aromatic nitrogens is 2. The number of carbonyl (C=O) groups excluding carboxylic acids is 1. The number of ether oxygens (including phenoxy) is 1. The average Bonchev–Trinajstić information content (AvgIpc) is 2.72. The summed E-state index contributed by atoms with van der Waals surface area (Å²) in [6.45, 7) is 4.21. The van der Waals surface area contributed by atoms with Crippen LogP contribution in [0.5, 0.6) is 0 Å². The van der Waals surface area contributed by atoms with E-state index in [-0.39, 0.29) is 5.97 Å². The number of imidazole rings is 1. The summed E-state index contributed by atoms with van der Waals surface area (Å²) >= 11 is 1.54. The zero-order chi connectivity index (χ0) is 10.8. The fourth-order valence-corrected chi connectivity index (χ4v) is 2.41. The van der Waals surface area contributed by atoms with E-state index in [0.717, 1.165) is 16.3 Å². The molecule has 0 saturated heterocycles. The van der Waals surface area contributed by atoms with E-state index >= 15 is 0 Å². The first-order valence-corrected chi connectivity index (χ1v) is 5.66. The summed E-state index contributed by atoms with van der Waals surface area (Å²) in [5, 5.41) is 1.95. The molecular weight excluding hydrogens is 212 g/mol. The predicted molar refractivity (Wildman–Crippen MR) is 58.1 cm³/mol. The molecule has 0 N–H and O–H groups in total. The summed E-state index contributed by atoms with van der Waals surface area (Å²) in [6, 6.07) is 0. The molecule has 4 nitrogen and oxygen atoms in total. The molecule has 2 heterocycles. The number of esters is 1. The monoisotopic (exact) mass is 224 g/mol. The molecule has 0 saturated carbocycles. The van der Waals surface area contributed by atoms with Gasteiger partial charge in [0.2, 0.25) is 0 Å². The highest BCUT2D eigenvalue weighted by atomic mass is 32.1. The molecule has 0 aliphatic heterocycles. The normalized spacial score (nSPS) is 10.8. The van der Waals surface area contributed by atoms with Crippen molar-refractivity contribution >= 4 is 22.3 Å². The van der Waals surface area contributed by atoms with Crippen LogP contribution in [0.1, 0.15) is 18.3 Å². The van der Waals surface area contributed by atoms with Crippen LogP contribution in [0.2, 0.25) is 0 Å². The molecular formula is C10H12N2O2S. The van der Waals surface area contributed by atoms with Crippen molar-refractivity contribution in [2.75, 3.05) is 6.61 Å². The fourth-order valence-electron chi connectivity index (χ4n) is 1.50. The van der Waals surface area contributed by atoms with Crippen molar-refractivity contribution < 1.29 is 9.53 Å². The van der Waals surface area contributed by atoms with Crippen LogP contribution >= 0.6 is 11.3 Å². The van der Waals surface area contributed by atoms with Crippen molar-refractivity contribution in [3.63, 3.8) is 0 Å². The molecule has 0 atom stereocenters. The fraction of sp³-hybridized carbons (Fsp3) is 0.400. The first-order chi connectivity index (χ1) is 7.22. The van der Waals surface area contributed by atoms with E-state index in [9.17, 15) is 4.79 Å². The summed E-state index contributed by atoms with van der Waals surface area (Å²) < 4.78 is 6.90. The van der Waals surface area contributed by atoms with Crippen LogP contribution in [0, 0.1) is 6.92 Å². The van der Waals surface area contributed by atoms with Gasteiger partial charge in [-0.05, 0) is 13.8 Å². The Morgan fingerprint density at radius 2 is 2.47 bits per heavy atom. The van der Waals surface area contributed by atoms with Crippen LogP contribution < -0.4 is 0 Å².